The Morgan fingerprint density at radius 2 is 2.13 bits per heavy atom. The van der Waals surface area contributed by atoms with Crippen LogP contribution >= 0.6 is 11.6 Å². The molecule has 0 aliphatic carbocycles. The predicted octanol–water partition coefficient (Wildman–Crippen LogP) is 2.44. The molecule has 1 atom stereocenters. The summed E-state index contributed by atoms with van der Waals surface area (Å²) < 4.78 is 1.61. The highest BCUT2D eigenvalue weighted by molar-refractivity contribution is 6.31. The van der Waals surface area contributed by atoms with Crippen molar-refractivity contribution in [1.29, 1.82) is 5.26 Å². The zero-order valence-electron chi connectivity index (χ0n) is 16.2. The van der Waals surface area contributed by atoms with Crippen molar-refractivity contribution in [3.8, 4) is 6.07 Å². The normalized spacial score (nSPS) is 12.2. The van der Waals surface area contributed by atoms with Crippen LogP contribution in [0, 0.1) is 25.2 Å². The van der Waals surface area contributed by atoms with Gasteiger partial charge in [-0.2, -0.15) is 15.3 Å². The van der Waals surface area contributed by atoms with Crippen molar-refractivity contribution in [1.82, 2.24) is 29.5 Å². The highest BCUT2D eigenvalue weighted by Gasteiger charge is 2.24. The fraction of sp³-hybridized carbons (Fsp3) is 0.250. The van der Waals surface area contributed by atoms with Crippen molar-refractivity contribution in [2.45, 2.75) is 32.6 Å². The topological polar surface area (TPSA) is 130 Å². The van der Waals surface area contributed by atoms with E-state index in [1.807, 2.05) is 19.9 Å². The number of rotatable bonds is 5. The van der Waals surface area contributed by atoms with Crippen LogP contribution in [0.15, 0.2) is 29.3 Å². The average Bonchev–Trinajstić information content (AvgIpc) is 3.16. The molecule has 0 amide bonds. The number of benzene rings is 1. The van der Waals surface area contributed by atoms with Crippen LogP contribution in [0.3, 0.4) is 0 Å². The van der Waals surface area contributed by atoms with Gasteiger partial charge in [-0.1, -0.05) is 11.6 Å². The van der Waals surface area contributed by atoms with Crippen molar-refractivity contribution in [2.24, 2.45) is 0 Å². The van der Waals surface area contributed by atoms with E-state index in [0.29, 0.717) is 28.1 Å². The first-order chi connectivity index (χ1) is 14.4. The van der Waals surface area contributed by atoms with E-state index in [4.69, 9.17) is 11.6 Å². The molecule has 3 heterocycles. The zero-order chi connectivity index (χ0) is 21.4. The van der Waals surface area contributed by atoms with E-state index in [1.54, 1.807) is 16.6 Å². The van der Waals surface area contributed by atoms with Gasteiger partial charge in [0, 0.05) is 22.8 Å². The molecule has 3 aromatic heterocycles. The number of nitriles is 1. The number of aromatic nitrogens is 6. The van der Waals surface area contributed by atoms with Gasteiger partial charge in [0.15, 0.2) is 11.7 Å². The van der Waals surface area contributed by atoms with Gasteiger partial charge in [-0.05, 0) is 44.0 Å². The molecule has 1 aromatic carbocycles. The van der Waals surface area contributed by atoms with E-state index in [9.17, 15) is 14.9 Å². The number of aromatic amines is 1. The minimum absolute atomic E-state index is 0.0144. The van der Waals surface area contributed by atoms with E-state index >= 15 is 0 Å². The number of hydrogen-bond donors (Lipinski definition) is 1. The molecule has 30 heavy (non-hydrogen) atoms. The van der Waals surface area contributed by atoms with E-state index in [2.05, 4.69) is 25.0 Å². The zero-order valence-corrected chi connectivity index (χ0v) is 16.9. The third kappa shape index (κ3) is 3.42. The molecular weight excluding hydrogens is 406 g/mol. The lowest BCUT2D eigenvalue weighted by Crippen LogP contribution is -2.20. The molecule has 10 heteroatoms. The van der Waals surface area contributed by atoms with Gasteiger partial charge in [0.25, 0.3) is 11.3 Å². The molecule has 4 aromatic rings. The van der Waals surface area contributed by atoms with Crippen molar-refractivity contribution in [3.63, 3.8) is 0 Å². The van der Waals surface area contributed by atoms with Crippen LogP contribution in [-0.4, -0.2) is 35.3 Å². The molecule has 9 nitrogen and oxygen atoms in total. The molecule has 1 unspecified atom stereocenters. The molecule has 0 bridgehead atoms. The smallest absolute Gasteiger partial charge is 0.258 e. The average molecular weight is 422 g/mol. The summed E-state index contributed by atoms with van der Waals surface area (Å²) in [6.45, 7) is 3.72. The van der Waals surface area contributed by atoms with Gasteiger partial charge < -0.3 is 4.98 Å². The Balaban J connectivity index is 1.62. The van der Waals surface area contributed by atoms with Crippen molar-refractivity contribution in [3.05, 3.63) is 62.7 Å². The maximum atomic E-state index is 12.8. The molecule has 0 spiro atoms. The minimum Gasteiger partial charge on any atom is -0.308 e. The summed E-state index contributed by atoms with van der Waals surface area (Å²) in [7, 11) is 0. The van der Waals surface area contributed by atoms with Gasteiger partial charge >= 0.3 is 0 Å². The minimum atomic E-state index is -1.19. The highest BCUT2D eigenvalue weighted by atomic mass is 35.5. The third-order valence-corrected chi connectivity index (χ3v) is 5.26. The largest absolute Gasteiger partial charge is 0.308 e. The molecule has 0 aliphatic rings. The summed E-state index contributed by atoms with van der Waals surface area (Å²) in [5.41, 5.74) is 2.36. The van der Waals surface area contributed by atoms with Crippen LogP contribution in [0.25, 0.3) is 16.7 Å². The van der Waals surface area contributed by atoms with Crippen LogP contribution < -0.4 is 5.56 Å². The fourth-order valence-corrected chi connectivity index (χ4v) is 3.63. The molecule has 0 fully saturated rings. The SMILES string of the molecule is Cc1nc2ncnn2c(C)c1CCC(=O)C(C#N)c1nc2cc(Cl)ccc2c(=O)[nH]1. The lowest BCUT2D eigenvalue weighted by molar-refractivity contribution is -0.119. The van der Waals surface area contributed by atoms with Gasteiger partial charge in [0.05, 0.1) is 17.0 Å². The van der Waals surface area contributed by atoms with E-state index < -0.39 is 11.5 Å². The number of nitrogens with one attached hydrogen (secondary N) is 1. The quantitative estimate of drug-likeness (QED) is 0.523. The van der Waals surface area contributed by atoms with Gasteiger partial charge in [0.2, 0.25) is 0 Å². The molecule has 0 radical (unpaired) electrons. The third-order valence-electron chi connectivity index (χ3n) is 5.02. The Labute approximate surface area is 175 Å². The van der Waals surface area contributed by atoms with Crippen molar-refractivity contribution in [2.75, 3.05) is 0 Å². The molecule has 0 saturated carbocycles. The Morgan fingerprint density at radius 3 is 2.90 bits per heavy atom. The number of carbonyl (C=O) groups excluding carboxylic acids is 1. The first-order valence-corrected chi connectivity index (χ1v) is 9.54. The predicted molar refractivity (Wildman–Crippen MR) is 109 cm³/mol. The number of ketones is 1. The Kier molecular flexibility index (Phi) is 5.01. The lowest BCUT2D eigenvalue weighted by Gasteiger charge is -2.12. The second-order valence-electron chi connectivity index (χ2n) is 6.87. The summed E-state index contributed by atoms with van der Waals surface area (Å²) in [6.07, 6.45) is 1.88. The number of fused-ring (bicyclic) bond motifs is 2. The van der Waals surface area contributed by atoms with Gasteiger partial charge in [-0.25, -0.2) is 14.5 Å². The van der Waals surface area contributed by atoms with Crippen molar-refractivity contribution >= 4 is 34.1 Å². The van der Waals surface area contributed by atoms with Crippen LogP contribution in [0.4, 0.5) is 0 Å². The first-order valence-electron chi connectivity index (χ1n) is 9.16. The van der Waals surface area contributed by atoms with Crippen LogP contribution in [0.2, 0.25) is 5.02 Å². The first kappa shape index (κ1) is 19.7. The van der Waals surface area contributed by atoms with Crippen molar-refractivity contribution < 1.29 is 4.79 Å². The maximum absolute atomic E-state index is 12.8. The van der Waals surface area contributed by atoms with Gasteiger partial charge in [0.1, 0.15) is 12.2 Å². The Morgan fingerprint density at radius 1 is 1.33 bits per heavy atom. The summed E-state index contributed by atoms with van der Waals surface area (Å²) in [5, 5.41) is 14.5. The van der Waals surface area contributed by atoms with E-state index in [0.717, 1.165) is 17.0 Å². The Hall–Kier alpha value is -3.64. The van der Waals surface area contributed by atoms with Crippen LogP contribution in [-0.2, 0) is 11.2 Å². The van der Waals surface area contributed by atoms with Crippen LogP contribution in [0.5, 0.6) is 0 Å². The molecule has 0 aliphatic heterocycles. The number of hydrogen-bond acceptors (Lipinski definition) is 7. The number of Topliss-reactive ketones (excluding diaryl/α,β-unsaturated/α-hetero) is 1. The lowest BCUT2D eigenvalue weighted by atomic mass is 9.97. The van der Waals surface area contributed by atoms with E-state index in [1.165, 1.54) is 12.4 Å². The monoisotopic (exact) mass is 421 g/mol. The second kappa shape index (κ2) is 7.65. The Bertz CT molecular complexity index is 1400. The number of H-pyrrole nitrogens is 1. The summed E-state index contributed by atoms with van der Waals surface area (Å²) in [4.78, 5) is 40.5. The number of aryl methyl sites for hydroxylation is 2. The maximum Gasteiger partial charge on any atom is 0.258 e. The number of nitrogens with zero attached hydrogens (tertiary/aromatic N) is 6. The van der Waals surface area contributed by atoms with E-state index in [-0.39, 0.29) is 18.0 Å². The fourth-order valence-electron chi connectivity index (χ4n) is 3.46. The molecular formula is C20H16ClN7O2. The number of carbonyl (C=O) groups is 1. The second-order valence-corrected chi connectivity index (χ2v) is 7.31. The standard InChI is InChI=1S/C20H16ClN7O2/c1-10-13(11(2)28-20(25-10)23-9-24-28)5-6-17(29)15(8-22)18-26-16-7-12(21)3-4-14(16)19(30)27-18/h3-4,7,9,15H,5-6H2,1-2H3,(H,26,27,30). The molecule has 150 valence electrons. The summed E-state index contributed by atoms with van der Waals surface area (Å²) in [6, 6.07) is 6.62. The highest BCUT2D eigenvalue weighted by Crippen LogP contribution is 2.21. The van der Waals surface area contributed by atoms with Crippen LogP contribution in [0.1, 0.15) is 35.1 Å². The molecule has 0 saturated heterocycles. The molecule has 4 rings (SSSR count). The summed E-state index contributed by atoms with van der Waals surface area (Å²) in [5.74, 6) is -1.03. The van der Waals surface area contributed by atoms with Gasteiger partial charge in [-0.15, -0.1) is 0 Å². The molecule has 1 N–H and O–H groups in total. The van der Waals surface area contributed by atoms with Gasteiger partial charge in [-0.3, -0.25) is 9.59 Å². The summed E-state index contributed by atoms with van der Waals surface area (Å²) >= 11 is 5.98. The number of halogens is 1.